The summed E-state index contributed by atoms with van der Waals surface area (Å²) in [6.07, 6.45) is 1.09. The molecule has 14 heteroatoms. The number of aryl methyl sites for hydroxylation is 1. The van der Waals surface area contributed by atoms with E-state index in [0.717, 1.165) is 6.20 Å². The van der Waals surface area contributed by atoms with Crippen molar-refractivity contribution in [2.24, 2.45) is 13.0 Å². The lowest BCUT2D eigenvalue weighted by Gasteiger charge is -2.41. The fourth-order valence-electron chi connectivity index (χ4n) is 4.70. The van der Waals surface area contributed by atoms with Gasteiger partial charge < -0.3 is 10.4 Å². The molecule has 0 spiro atoms. The number of nitrogens with zero attached hydrogens (tertiary/aromatic N) is 6. The van der Waals surface area contributed by atoms with E-state index in [9.17, 15) is 26.7 Å². The van der Waals surface area contributed by atoms with E-state index in [0.29, 0.717) is 38.8 Å². The SMILES string of the molecule is CC1CC(Nc2ncc(C(F)(F)F)c(-c3cnn(C)c3)n2)CCN1S(=O)(=O)N1CCC(CO)CC1. The third kappa shape index (κ3) is 5.60. The van der Waals surface area contributed by atoms with Crippen LogP contribution in [0.1, 0.15) is 38.2 Å². The van der Waals surface area contributed by atoms with E-state index in [1.165, 1.54) is 25.7 Å². The molecule has 2 aliphatic heterocycles. The minimum absolute atomic E-state index is 0.0523. The van der Waals surface area contributed by atoms with E-state index in [-0.39, 0.29) is 48.4 Å². The maximum absolute atomic E-state index is 13.5. The number of halogens is 3. The molecule has 0 amide bonds. The normalized spacial score (nSPS) is 23.5. The lowest BCUT2D eigenvalue weighted by molar-refractivity contribution is -0.137. The fraction of sp³-hybridized carbons (Fsp3) is 0.667. The summed E-state index contributed by atoms with van der Waals surface area (Å²) in [4.78, 5) is 8.03. The minimum atomic E-state index is -4.62. The van der Waals surface area contributed by atoms with E-state index in [4.69, 9.17) is 0 Å². The van der Waals surface area contributed by atoms with E-state index >= 15 is 0 Å². The van der Waals surface area contributed by atoms with E-state index in [1.807, 2.05) is 6.92 Å². The Morgan fingerprint density at radius 3 is 2.46 bits per heavy atom. The molecule has 0 saturated carbocycles. The number of rotatable bonds is 6. The van der Waals surface area contributed by atoms with Crippen molar-refractivity contribution in [3.8, 4) is 11.3 Å². The molecule has 2 aromatic heterocycles. The van der Waals surface area contributed by atoms with Gasteiger partial charge in [-0.25, -0.2) is 9.97 Å². The standard InChI is InChI=1S/C21H30F3N7O3S/c1-14-9-17(5-8-31(14)35(33,34)30-6-3-15(13-32)4-7-30)27-20-25-11-18(21(22,23)24)19(28-20)16-10-26-29(2)12-16/h10-12,14-15,17,32H,3-9,13H2,1-2H3,(H,25,27,28). The zero-order chi connectivity index (χ0) is 25.4. The smallest absolute Gasteiger partial charge is 0.396 e. The molecule has 2 fully saturated rings. The number of alkyl halides is 3. The van der Waals surface area contributed by atoms with Crippen LogP contribution in [-0.2, 0) is 23.4 Å². The topological polar surface area (TPSA) is 116 Å². The fourth-order valence-corrected chi connectivity index (χ4v) is 6.55. The quantitative estimate of drug-likeness (QED) is 0.603. The molecule has 0 bridgehead atoms. The average Bonchev–Trinajstić information content (AvgIpc) is 3.24. The van der Waals surface area contributed by atoms with Gasteiger partial charge >= 0.3 is 6.18 Å². The van der Waals surface area contributed by atoms with Crippen molar-refractivity contribution in [3.05, 3.63) is 24.2 Å². The van der Waals surface area contributed by atoms with E-state index in [1.54, 1.807) is 7.05 Å². The summed E-state index contributed by atoms with van der Waals surface area (Å²) in [5.74, 6) is 0.186. The summed E-state index contributed by atoms with van der Waals surface area (Å²) in [5, 5.41) is 16.3. The summed E-state index contributed by atoms with van der Waals surface area (Å²) >= 11 is 0. The monoisotopic (exact) mass is 517 g/mol. The molecular formula is C21H30F3N7O3S. The van der Waals surface area contributed by atoms with E-state index < -0.39 is 21.9 Å². The first-order valence-electron chi connectivity index (χ1n) is 11.6. The molecule has 4 heterocycles. The number of hydrogen-bond acceptors (Lipinski definition) is 7. The van der Waals surface area contributed by atoms with Crippen molar-refractivity contribution in [2.75, 3.05) is 31.6 Å². The number of anilines is 1. The minimum Gasteiger partial charge on any atom is -0.396 e. The molecule has 2 unspecified atom stereocenters. The highest BCUT2D eigenvalue weighted by atomic mass is 32.2. The van der Waals surface area contributed by atoms with Crippen LogP contribution in [0, 0.1) is 5.92 Å². The van der Waals surface area contributed by atoms with E-state index in [2.05, 4.69) is 20.4 Å². The Bertz CT molecular complexity index is 1130. The third-order valence-electron chi connectivity index (χ3n) is 6.68. The molecule has 4 rings (SSSR count). The molecule has 0 aliphatic carbocycles. The highest BCUT2D eigenvalue weighted by molar-refractivity contribution is 7.86. The predicted molar refractivity (Wildman–Crippen MR) is 122 cm³/mol. The predicted octanol–water partition coefficient (Wildman–Crippen LogP) is 2.11. The van der Waals surface area contributed by atoms with Gasteiger partial charge in [0, 0.05) is 63.3 Å². The zero-order valence-electron chi connectivity index (χ0n) is 19.6. The molecule has 194 valence electrons. The third-order valence-corrected chi connectivity index (χ3v) is 8.83. The Morgan fingerprint density at radius 2 is 1.89 bits per heavy atom. The first kappa shape index (κ1) is 25.8. The van der Waals surface area contributed by atoms with Crippen LogP contribution < -0.4 is 5.32 Å². The van der Waals surface area contributed by atoms with Gasteiger partial charge in [0.1, 0.15) is 5.56 Å². The van der Waals surface area contributed by atoms with Crippen LogP contribution in [0.3, 0.4) is 0 Å². The summed E-state index contributed by atoms with van der Waals surface area (Å²) in [5.41, 5.74) is -0.984. The van der Waals surface area contributed by atoms with Crippen molar-refractivity contribution < 1.29 is 26.7 Å². The van der Waals surface area contributed by atoms with Crippen molar-refractivity contribution in [1.29, 1.82) is 0 Å². The van der Waals surface area contributed by atoms with Gasteiger partial charge in [0.2, 0.25) is 5.95 Å². The van der Waals surface area contributed by atoms with Crippen LogP contribution in [-0.4, -0.2) is 80.2 Å². The van der Waals surface area contributed by atoms with Crippen LogP contribution >= 0.6 is 0 Å². The maximum atomic E-state index is 13.5. The van der Waals surface area contributed by atoms with Crippen LogP contribution in [0.15, 0.2) is 18.6 Å². The van der Waals surface area contributed by atoms with Crippen LogP contribution in [0.2, 0.25) is 0 Å². The number of aliphatic hydroxyl groups excluding tert-OH is 1. The highest BCUT2D eigenvalue weighted by Gasteiger charge is 2.39. The summed E-state index contributed by atoms with van der Waals surface area (Å²) < 4.78 is 71.3. The zero-order valence-corrected chi connectivity index (χ0v) is 20.4. The second-order valence-corrected chi connectivity index (χ2v) is 11.1. The van der Waals surface area contributed by atoms with Gasteiger partial charge in [0.25, 0.3) is 10.2 Å². The average molecular weight is 518 g/mol. The Labute approximate surface area is 202 Å². The van der Waals surface area contributed by atoms with Crippen molar-refractivity contribution in [3.63, 3.8) is 0 Å². The van der Waals surface area contributed by atoms with Crippen molar-refractivity contribution in [1.82, 2.24) is 28.4 Å². The second-order valence-electron chi connectivity index (χ2n) is 9.21. The van der Waals surface area contributed by atoms with Crippen LogP contribution in [0.5, 0.6) is 0 Å². The molecular weight excluding hydrogens is 487 g/mol. The number of hydrogen-bond donors (Lipinski definition) is 2. The van der Waals surface area contributed by atoms with Crippen molar-refractivity contribution >= 4 is 16.2 Å². The van der Waals surface area contributed by atoms with Crippen molar-refractivity contribution in [2.45, 2.75) is 50.9 Å². The number of aliphatic hydroxyl groups is 1. The Morgan fingerprint density at radius 1 is 1.17 bits per heavy atom. The maximum Gasteiger partial charge on any atom is 0.419 e. The van der Waals surface area contributed by atoms with Crippen LogP contribution in [0.4, 0.5) is 19.1 Å². The first-order valence-corrected chi connectivity index (χ1v) is 13.0. The van der Waals surface area contributed by atoms with Gasteiger partial charge in [0.05, 0.1) is 11.9 Å². The van der Waals surface area contributed by atoms with Gasteiger partial charge in [-0.2, -0.15) is 35.3 Å². The molecule has 2 aliphatic rings. The molecule has 10 nitrogen and oxygen atoms in total. The second kappa shape index (κ2) is 9.99. The first-order chi connectivity index (χ1) is 16.5. The number of nitrogens with one attached hydrogen (secondary N) is 1. The number of aromatic nitrogens is 4. The molecule has 2 atom stereocenters. The number of piperidine rings is 2. The van der Waals surface area contributed by atoms with Gasteiger partial charge in [0.15, 0.2) is 0 Å². The molecule has 2 N–H and O–H groups in total. The van der Waals surface area contributed by atoms with Gasteiger partial charge in [-0.15, -0.1) is 0 Å². The Kier molecular flexibility index (Phi) is 7.36. The molecule has 0 aromatic carbocycles. The Hall–Kier alpha value is -2.29. The van der Waals surface area contributed by atoms with Gasteiger partial charge in [-0.05, 0) is 38.5 Å². The molecule has 35 heavy (non-hydrogen) atoms. The largest absolute Gasteiger partial charge is 0.419 e. The highest BCUT2D eigenvalue weighted by Crippen LogP contribution is 2.36. The van der Waals surface area contributed by atoms with Gasteiger partial charge in [-0.1, -0.05) is 0 Å². The molecule has 2 saturated heterocycles. The van der Waals surface area contributed by atoms with Gasteiger partial charge in [-0.3, -0.25) is 4.68 Å². The Balaban J connectivity index is 1.45. The van der Waals surface area contributed by atoms with Crippen LogP contribution in [0.25, 0.3) is 11.3 Å². The summed E-state index contributed by atoms with van der Waals surface area (Å²) in [6.45, 7) is 2.93. The summed E-state index contributed by atoms with van der Waals surface area (Å²) in [7, 11) is -2.03. The summed E-state index contributed by atoms with van der Waals surface area (Å²) in [6, 6.07) is -0.510. The molecule has 2 aromatic rings. The molecule has 0 radical (unpaired) electrons. The lowest BCUT2D eigenvalue weighted by Crippen LogP contribution is -2.54. The lowest BCUT2D eigenvalue weighted by atomic mass is 10.00.